The Morgan fingerprint density at radius 1 is 1.50 bits per heavy atom. The van der Waals surface area contributed by atoms with Gasteiger partial charge in [0.25, 0.3) is 5.69 Å². The molecule has 0 aliphatic carbocycles. The molecule has 1 aromatic carbocycles. The van der Waals surface area contributed by atoms with Crippen LogP contribution in [0, 0.1) is 22.0 Å². The first kappa shape index (κ1) is 14.5. The summed E-state index contributed by atoms with van der Waals surface area (Å²) in [6.07, 6.45) is 0. The highest BCUT2D eigenvalue weighted by molar-refractivity contribution is 5.80. The highest BCUT2D eigenvalue weighted by atomic mass is 16.6. The van der Waals surface area contributed by atoms with Gasteiger partial charge in [-0.3, -0.25) is 14.9 Å². The zero-order valence-corrected chi connectivity index (χ0v) is 11.6. The van der Waals surface area contributed by atoms with E-state index in [4.69, 9.17) is 0 Å². The van der Waals surface area contributed by atoms with Crippen LogP contribution >= 0.6 is 0 Å². The van der Waals surface area contributed by atoms with E-state index in [9.17, 15) is 14.9 Å². The minimum atomic E-state index is -0.430. The molecular weight excluding hydrogens is 258 g/mol. The number of rotatable bonds is 4. The van der Waals surface area contributed by atoms with E-state index in [1.165, 1.54) is 12.1 Å². The van der Waals surface area contributed by atoms with Gasteiger partial charge in [-0.1, -0.05) is 19.1 Å². The van der Waals surface area contributed by atoms with Crippen molar-refractivity contribution >= 4 is 11.6 Å². The van der Waals surface area contributed by atoms with E-state index < -0.39 is 4.92 Å². The topological polar surface area (TPSA) is 84.3 Å². The molecule has 1 saturated heterocycles. The summed E-state index contributed by atoms with van der Waals surface area (Å²) in [6, 6.07) is 6.13. The number of nitrogens with zero attached hydrogens (tertiary/aromatic N) is 1. The van der Waals surface area contributed by atoms with Crippen LogP contribution in [0.15, 0.2) is 24.3 Å². The summed E-state index contributed by atoms with van der Waals surface area (Å²) < 4.78 is 0. The predicted molar refractivity (Wildman–Crippen MR) is 75.2 cm³/mol. The molecule has 0 aromatic heterocycles. The Hall–Kier alpha value is -1.95. The first-order valence-corrected chi connectivity index (χ1v) is 6.74. The molecule has 0 radical (unpaired) electrons. The van der Waals surface area contributed by atoms with Crippen LogP contribution in [0.5, 0.6) is 0 Å². The van der Waals surface area contributed by atoms with Gasteiger partial charge in [0.05, 0.1) is 16.9 Å². The lowest BCUT2D eigenvalue weighted by Gasteiger charge is -2.19. The zero-order valence-electron chi connectivity index (χ0n) is 11.6. The minimum Gasteiger partial charge on any atom is -0.349 e. The molecule has 6 heteroatoms. The third-order valence-corrected chi connectivity index (χ3v) is 3.79. The van der Waals surface area contributed by atoms with E-state index in [-0.39, 0.29) is 23.6 Å². The average molecular weight is 277 g/mol. The lowest BCUT2D eigenvalue weighted by atomic mass is 9.96. The van der Waals surface area contributed by atoms with Gasteiger partial charge in [0.2, 0.25) is 5.91 Å². The van der Waals surface area contributed by atoms with Crippen molar-refractivity contribution in [3.8, 4) is 0 Å². The molecule has 20 heavy (non-hydrogen) atoms. The highest BCUT2D eigenvalue weighted by Gasteiger charge is 2.30. The normalized spacial score (nSPS) is 23.3. The molecule has 2 N–H and O–H groups in total. The number of non-ortho nitro benzene ring substituents is 1. The van der Waals surface area contributed by atoms with E-state index in [2.05, 4.69) is 10.6 Å². The Kier molecular flexibility index (Phi) is 4.34. The number of nitro benzene ring substituents is 1. The van der Waals surface area contributed by atoms with Crippen molar-refractivity contribution in [1.82, 2.24) is 10.6 Å². The molecule has 108 valence electrons. The largest absolute Gasteiger partial charge is 0.349 e. The molecule has 6 nitrogen and oxygen atoms in total. The average Bonchev–Trinajstić information content (AvgIpc) is 2.85. The molecule has 0 bridgehead atoms. The van der Waals surface area contributed by atoms with Gasteiger partial charge in [0.1, 0.15) is 0 Å². The van der Waals surface area contributed by atoms with Crippen molar-refractivity contribution < 1.29 is 9.72 Å². The van der Waals surface area contributed by atoms with Gasteiger partial charge in [-0.25, -0.2) is 0 Å². The second-order valence-electron chi connectivity index (χ2n) is 5.32. The number of amides is 1. The maximum absolute atomic E-state index is 12.2. The van der Waals surface area contributed by atoms with E-state index >= 15 is 0 Å². The van der Waals surface area contributed by atoms with Crippen molar-refractivity contribution in [3.63, 3.8) is 0 Å². The summed E-state index contributed by atoms with van der Waals surface area (Å²) >= 11 is 0. The van der Waals surface area contributed by atoms with Crippen LogP contribution in [0.2, 0.25) is 0 Å². The van der Waals surface area contributed by atoms with Gasteiger partial charge in [0.15, 0.2) is 0 Å². The Bertz CT molecular complexity index is 518. The fourth-order valence-corrected chi connectivity index (χ4v) is 2.47. The molecule has 1 aromatic rings. The number of carbonyl (C=O) groups excluding carboxylic acids is 1. The standard InChI is InChI=1S/C14H19N3O3/c1-9-7-15-8-13(9)14(18)16-10(2)11-4-3-5-12(6-11)17(19)20/h3-6,9-10,13,15H,7-8H2,1-2H3,(H,16,18)/t9-,10?,13-/m1/s1. The van der Waals surface area contributed by atoms with E-state index in [1.807, 2.05) is 13.8 Å². The van der Waals surface area contributed by atoms with Crippen LogP contribution in [0.4, 0.5) is 5.69 Å². The van der Waals surface area contributed by atoms with Crippen LogP contribution < -0.4 is 10.6 Å². The summed E-state index contributed by atoms with van der Waals surface area (Å²) in [4.78, 5) is 22.5. The quantitative estimate of drug-likeness (QED) is 0.647. The van der Waals surface area contributed by atoms with Crippen molar-refractivity contribution in [2.45, 2.75) is 19.9 Å². The van der Waals surface area contributed by atoms with Crippen LogP contribution in [-0.2, 0) is 4.79 Å². The van der Waals surface area contributed by atoms with Crippen molar-refractivity contribution in [2.24, 2.45) is 11.8 Å². The molecule has 2 rings (SSSR count). The van der Waals surface area contributed by atoms with E-state index in [1.54, 1.807) is 12.1 Å². The monoisotopic (exact) mass is 277 g/mol. The molecule has 1 aliphatic rings. The van der Waals surface area contributed by atoms with Crippen LogP contribution in [0.1, 0.15) is 25.5 Å². The second-order valence-corrected chi connectivity index (χ2v) is 5.32. The third kappa shape index (κ3) is 3.14. The summed E-state index contributed by atoms with van der Waals surface area (Å²) in [7, 11) is 0. The SMILES string of the molecule is CC(NC(=O)[C@@H]1CNC[C@H]1C)c1cccc([N+](=O)[O-])c1. The fraction of sp³-hybridized carbons (Fsp3) is 0.500. The maximum Gasteiger partial charge on any atom is 0.269 e. The zero-order chi connectivity index (χ0) is 14.7. The maximum atomic E-state index is 12.2. The van der Waals surface area contributed by atoms with Gasteiger partial charge in [-0.05, 0) is 24.9 Å². The van der Waals surface area contributed by atoms with Crippen LogP contribution in [0.25, 0.3) is 0 Å². The molecule has 1 fully saturated rings. The summed E-state index contributed by atoms with van der Waals surface area (Å²) in [5.41, 5.74) is 0.783. The van der Waals surface area contributed by atoms with Gasteiger partial charge in [0, 0.05) is 18.7 Å². The van der Waals surface area contributed by atoms with Crippen LogP contribution in [0.3, 0.4) is 0 Å². The lowest BCUT2D eigenvalue weighted by molar-refractivity contribution is -0.384. The smallest absolute Gasteiger partial charge is 0.269 e. The molecule has 1 aliphatic heterocycles. The molecular formula is C14H19N3O3. The van der Waals surface area contributed by atoms with E-state index in [0.29, 0.717) is 12.5 Å². The van der Waals surface area contributed by atoms with Gasteiger partial charge in [-0.15, -0.1) is 0 Å². The summed E-state index contributed by atoms with van der Waals surface area (Å²) in [5, 5.41) is 16.9. The van der Waals surface area contributed by atoms with Crippen molar-refractivity contribution in [3.05, 3.63) is 39.9 Å². The molecule has 1 amide bonds. The van der Waals surface area contributed by atoms with Crippen LogP contribution in [-0.4, -0.2) is 23.9 Å². The fourth-order valence-electron chi connectivity index (χ4n) is 2.47. The first-order chi connectivity index (χ1) is 9.49. The molecule has 1 heterocycles. The van der Waals surface area contributed by atoms with Crippen molar-refractivity contribution in [1.29, 1.82) is 0 Å². The summed E-state index contributed by atoms with van der Waals surface area (Å²) in [5.74, 6) is 0.282. The molecule has 0 saturated carbocycles. The highest BCUT2D eigenvalue weighted by Crippen LogP contribution is 2.21. The second kappa shape index (κ2) is 6.00. The van der Waals surface area contributed by atoms with Gasteiger partial charge in [-0.2, -0.15) is 0 Å². The van der Waals surface area contributed by atoms with Gasteiger partial charge >= 0.3 is 0 Å². The summed E-state index contributed by atoms with van der Waals surface area (Å²) in [6.45, 7) is 5.42. The van der Waals surface area contributed by atoms with E-state index in [0.717, 1.165) is 12.1 Å². The number of benzene rings is 1. The number of hydrogen-bond donors (Lipinski definition) is 2. The number of hydrogen-bond acceptors (Lipinski definition) is 4. The number of nitrogens with one attached hydrogen (secondary N) is 2. The molecule has 1 unspecified atom stereocenters. The number of carbonyl (C=O) groups is 1. The third-order valence-electron chi connectivity index (χ3n) is 3.79. The number of nitro groups is 1. The molecule has 3 atom stereocenters. The van der Waals surface area contributed by atoms with Gasteiger partial charge < -0.3 is 10.6 Å². The predicted octanol–water partition coefficient (Wildman–Crippen LogP) is 1.63. The Labute approximate surface area is 117 Å². The Morgan fingerprint density at radius 2 is 2.25 bits per heavy atom. The van der Waals surface area contributed by atoms with Crippen molar-refractivity contribution in [2.75, 3.05) is 13.1 Å². The minimum absolute atomic E-state index is 0.00139. The first-order valence-electron chi connectivity index (χ1n) is 6.74. The molecule has 0 spiro atoms. The Morgan fingerprint density at radius 3 is 2.85 bits per heavy atom. The Balaban J connectivity index is 2.04. The lowest BCUT2D eigenvalue weighted by Crippen LogP contribution is -2.35.